The molecule has 0 aliphatic rings. The average Bonchev–Trinajstić information content (AvgIpc) is 2.89. The minimum absolute atomic E-state index is 0.0192. The SMILES string of the molecule is CCCC(=O)NCCc1nnc(-c2ccc(F)cc2)o1. The molecule has 0 saturated carbocycles. The van der Waals surface area contributed by atoms with E-state index in [1.165, 1.54) is 12.1 Å². The second kappa shape index (κ2) is 6.79. The molecule has 1 amide bonds. The Hall–Kier alpha value is -2.24. The Morgan fingerprint density at radius 1 is 1.30 bits per heavy atom. The Morgan fingerprint density at radius 3 is 2.75 bits per heavy atom. The van der Waals surface area contributed by atoms with Crippen LogP contribution in [0.3, 0.4) is 0 Å². The first-order chi connectivity index (χ1) is 9.69. The van der Waals surface area contributed by atoms with Crippen LogP contribution in [0.2, 0.25) is 0 Å². The summed E-state index contributed by atoms with van der Waals surface area (Å²) >= 11 is 0. The molecular weight excluding hydrogens is 261 g/mol. The fourth-order valence-corrected chi connectivity index (χ4v) is 1.69. The van der Waals surface area contributed by atoms with Crippen molar-refractivity contribution in [1.82, 2.24) is 15.5 Å². The number of benzene rings is 1. The first kappa shape index (κ1) is 14.2. The fraction of sp³-hybridized carbons (Fsp3) is 0.357. The molecule has 0 aliphatic carbocycles. The lowest BCUT2D eigenvalue weighted by atomic mass is 10.2. The Labute approximate surface area is 116 Å². The van der Waals surface area contributed by atoms with Gasteiger partial charge in [-0.3, -0.25) is 4.79 Å². The molecule has 1 aromatic heterocycles. The monoisotopic (exact) mass is 277 g/mol. The van der Waals surface area contributed by atoms with Gasteiger partial charge in [-0.15, -0.1) is 10.2 Å². The molecule has 0 atom stereocenters. The first-order valence-corrected chi connectivity index (χ1v) is 6.54. The van der Waals surface area contributed by atoms with Crippen molar-refractivity contribution in [3.8, 4) is 11.5 Å². The Kier molecular flexibility index (Phi) is 4.81. The van der Waals surface area contributed by atoms with Gasteiger partial charge in [-0.05, 0) is 30.7 Å². The summed E-state index contributed by atoms with van der Waals surface area (Å²) < 4.78 is 18.3. The van der Waals surface area contributed by atoms with Gasteiger partial charge in [0.1, 0.15) is 5.82 Å². The topological polar surface area (TPSA) is 68.0 Å². The summed E-state index contributed by atoms with van der Waals surface area (Å²) in [7, 11) is 0. The summed E-state index contributed by atoms with van der Waals surface area (Å²) in [6, 6.07) is 5.83. The molecule has 20 heavy (non-hydrogen) atoms. The molecule has 0 spiro atoms. The molecule has 0 fully saturated rings. The fourth-order valence-electron chi connectivity index (χ4n) is 1.69. The molecule has 0 saturated heterocycles. The van der Waals surface area contributed by atoms with Crippen LogP contribution < -0.4 is 5.32 Å². The minimum atomic E-state index is -0.313. The highest BCUT2D eigenvalue weighted by Gasteiger charge is 2.09. The van der Waals surface area contributed by atoms with E-state index < -0.39 is 0 Å². The maximum atomic E-state index is 12.8. The van der Waals surface area contributed by atoms with Crippen molar-refractivity contribution < 1.29 is 13.6 Å². The van der Waals surface area contributed by atoms with Gasteiger partial charge in [0.2, 0.25) is 17.7 Å². The van der Waals surface area contributed by atoms with Gasteiger partial charge in [0.15, 0.2) is 0 Å². The quantitative estimate of drug-likeness (QED) is 0.880. The number of carbonyl (C=O) groups is 1. The van der Waals surface area contributed by atoms with Crippen LogP contribution in [0.25, 0.3) is 11.5 Å². The average molecular weight is 277 g/mol. The van der Waals surface area contributed by atoms with Crippen LogP contribution in [0.15, 0.2) is 28.7 Å². The lowest BCUT2D eigenvalue weighted by molar-refractivity contribution is -0.121. The second-order valence-corrected chi connectivity index (χ2v) is 4.36. The molecule has 6 heteroatoms. The van der Waals surface area contributed by atoms with Crippen molar-refractivity contribution in [2.24, 2.45) is 0 Å². The van der Waals surface area contributed by atoms with E-state index in [1.54, 1.807) is 12.1 Å². The largest absolute Gasteiger partial charge is 0.421 e. The minimum Gasteiger partial charge on any atom is -0.421 e. The van der Waals surface area contributed by atoms with E-state index in [-0.39, 0.29) is 11.7 Å². The number of carbonyl (C=O) groups excluding carboxylic acids is 1. The van der Waals surface area contributed by atoms with E-state index in [2.05, 4.69) is 15.5 Å². The van der Waals surface area contributed by atoms with E-state index in [0.29, 0.717) is 36.7 Å². The maximum absolute atomic E-state index is 12.8. The van der Waals surface area contributed by atoms with E-state index >= 15 is 0 Å². The summed E-state index contributed by atoms with van der Waals surface area (Å²) in [5.74, 6) is 0.499. The number of hydrogen-bond acceptors (Lipinski definition) is 4. The van der Waals surface area contributed by atoms with Crippen LogP contribution in [0.1, 0.15) is 25.7 Å². The summed E-state index contributed by atoms with van der Waals surface area (Å²) in [5, 5.41) is 10.6. The smallest absolute Gasteiger partial charge is 0.247 e. The van der Waals surface area contributed by atoms with E-state index in [1.807, 2.05) is 6.92 Å². The van der Waals surface area contributed by atoms with Gasteiger partial charge in [0, 0.05) is 24.9 Å². The third kappa shape index (κ3) is 3.88. The van der Waals surface area contributed by atoms with E-state index in [4.69, 9.17) is 4.42 Å². The molecule has 0 unspecified atom stereocenters. The van der Waals surface area contributed by atoms with Crippen molar-refractivity contribution in [2.45, 2.75) is 26.2 Å². The van der Waals surface area contributed by atoms with Crippen molar-refractivity contribution in [2.75, 3.05) is 6.54 Å². The molecule has 106 valence electrons. The summed E-state index contributed by atoms with van der Waals surface area (Å²) in [6.45, 7) is 2.41. The molecule has 0 aliphatic heterocycles. The summed E-state index contributed by atoms with van der Waals surface area (Å²) in [4.78, 5) is 11.3. The number of aromatic nitrogens is 2. The lowest BCUT2D eigenvalue weighted by Gasteiger charge is -2.00. The van der Waals surface area contributed by atoms with Gasteiger partial charge in [-0.2, -0.15) is 0 Å². The second-order valence-electron chi connectivity index (χ2n) is 4.36. The van der Waals surface area contributed by atoms with Crippen molar-refractivity contribution in [3.63, 3.8) is 0 Å². The molecule has 1 heterocycles. The van der Waals surface area contributed by atoms with Gasteiger partial charge in [0.05, 0.1) is 0 Å². The molecule has 1 N–H and O–H groups in total. The maximum Gasteiger partial charge on any atom is 0.247 e. The number of amides is 1. The van der Waals surface area contributed by atoms with Gasteiger partial charge in [-0.25, -0.2) is 4.39 Å². The molecule has 5 nitrogen and oxygen atoms in total. The summed E-state index contributed by atoms with van der Waals surface area (Å²) in [6.07, 6.45) is 1.81. The highest BCUT2D eigenvalue weighted by molar-refractivity contribution is 5.75. The normalized spacial score (nSPS) is 10.5. The summed E-state index contributed by atoms with van der Waals surface area (Å²) in [5.41, 5.74) is 0.667. The molecule has 2 rings (SSSR count). The standard InChI is InChI=1S/C14H16FN3O2/c1-2-3-12(19)16-9-8-13-17-18-14(20-13)10-4-6-11(15)7-5-10/h4-7H,2-3,8-9H2,1H3,(H,16,19). The van der Waals surface area contributed by atoms with Crippen LogP contribution in [0, 0.1) is 5.82 Å². The zero-order valence-electron chi connectivity index (χ0n) is 11.2. The Balaban J connectivity index is 1.89. The zero-order chi connectivity index (χ0) is 14.4. The number of rotatable bonds is 6. The van der Waals surface area contributed by atoms with Crippen molar-refractivity contribution >= 4 is 5.91 Å². The molecule has 1 aromatic carbocycles. The van der Waals surface area contributed by atoms with Crippen LogP contribution in [0.5, 0.6) is 0 Å². The van der Waals surface area contributed by atoms with Crippen LogP contribution in [-0.2, 0) is 11.2 Å². The Morgan fingerprint density at radius 2 is 2.05 bits per heavy atom. The number of nitrogens with one attached hydrogen (secondary N) is 1. The lowest BCUT2D eigenvalue weighted by Crippen LogP contribution is -2.25. The molecule has 2 aromatic rings. The van der Waals surface area contributed by atoms with Crippen LogP contribution >= 0.6 is 0 Å². The third-order valence-electron chi connectivity index (χ3n) is 2.70. The predicted octanol–water partition coefficient (Wildman–Crippen LogP) is 2.33. The highest BCUT2D eigenvalue weighted by atomic mass is 19.1. The number of hydrogen-bond donors (Lipinski definition) is 1. The van der Waals surface area contributed by atoms with Crippen molar-refractivity contribution in [3.05, 3.63) is 36.0 Å². The third-order valence-corrected chi connectivity index (χ3v) is 2.70. The van der Waals surface area contributed by atoms with Gasteiger partial charge < -0.3 is 9.73 Å². The van der Waals surface area contributed by atoms with Crippen molar-refractivity contribution in [1.29, 1.82) is 0 Å². The number of nitrogens with zero attached hydrogens (tertiary/aromatic N) is 2. The molecule has 0 radical (unpaired) electrons. The van der Waals surface area contributed by atoms with Crippen LogP contribution in [-0.4, -0.2) is 22.6 Å². The van der Waals surface area contributed by atoms with Gasteiger partial charge in [0.25, 0.3) is 0 Å². The molecule has 0 bridgehead atoms. The highest BCUT2D eigenvalue weighted by Crippen LogP contribution is 2.17. The zero-order valence-corrected chi connectivity index (χ0v) is 11.2. The van der Waals surface area contributed by atoms with E-state index in [9.17, 15) is 9.18 Å². The van der Waals surface area contributed by atoms with Crippen LogP contribution in [0.4, 0.5) is 4.39 Å². The van der Waals surface area contributed by atoms with E-state index in [0.717, 1.165) is 6.42 Å². The number of halogens is 1. The molecular formula is C14H16FN3O2. The van der Waals surface area contributed by atoms with Gasteiger partial charge in [-0.1, -0.05) is 6.92 Å². The van der Waals surface area contributed by atoms with Gasteiger partial charge >= 0.3 is 0 Å². The Bertz CT molecular complexity index is 566. The first-order valence-electron chi connectivity index (χ1n) is 6.54. The predicted molar refractivity (Wildman–Crippen MR) is 71.3 cm³/mol.